The maximum absolute atomic E-state index is 12.9. The molecule has 2 aromatic carbocycles. The van der Waals surface area contributed by atoms with E-state index < -0.39 is 13.0 Å². The molecule has 1 unspecified atom stereocenters. The summed E-state index contributed by atoms with van der Waals surface area (Å²) in [6.45, 7) is 0.440. The summed E-state index contributed by atoms with van der Waals surface area (Å²) in [7, 11) is -0.944. The second-order valence-electron chi connectivity index (χ2n) is 6.29. The number of hydrogen-bond acceptors (Lipinski definition) is 5. The van der Waals surface area contributed by atoms with E-state index in [1.165, 1.54) is 0 Å². The van der Waals surface area contributed by atoms with Gasteiger partial charge in [0, 0.05) is 30.0 Å². The first-order chi connectivity index (χ1) is 12.7. The molecule has 3 aromatic rings. The smallest absolute Gasteiger partial charge is 0.423 e. The SMILES string of the molecule is NCC(C(=O)Nc1ccc2cnccc2c1)c1cccc2c1COB2O. The Bertz CT molecular complexity index is 979. The van der Waals surface area contributed by atoms with Crippen molar-refractivity contribution >= 4 is 34.9 Å². The van der Waals surface area contributed by atoms with Crippen molar-refractivity contribution in [3.05, 3.63) is 66.0 Å². The zero-order chi connectivity index (χ0) is 18.1. The fourth-order valence-corrected chi connectivity index (χ4v) is 3.37. The van der Waals surface area contributed by atoms with Crippen LogP contribution in [0.3, 0.4) is 0 Å². The third-order valence-corrected chi connectivity index (χ3v) is 4.74. The van der Waals surface area contributed by atoms with E-state index in [2.05, 4.69) is 10.3 Å². The van der Waals surface area contributed by atoms with Gasteiger partial charge in [-0.25, -0.2) is 0 Å². The molecule has 0 saturated carbocycles. The van der Waals surface area contributed by atoms with Crippen molar-refractivity contribution in [3.8, 4) is 0 Å². The van der Waals surface area contributed by atoms with Crippen LogP contribution in [0.1, 0.15) is 17.0 Å². The summed E-state index contributed by atoms with van der Waals surface area (Å²) in [6, 6.07) is 13.0. The van der Waals surface area contributed by atoms with E-state index in [0.717, 1.165) is 21.9 Å². The van der Waals surface area contributed by atoms with Crippen molar-refractivity contribution in [2.24, 2.45) is 5.73 Å². The number of nitrogens with zero attached hydrogens (tertiary/aromatic N) is 1. The van der Waals surface area contributed by atoms with Gasteiger partial charge >= 0.3 is 7.12 Å². The second kappa shape index (κ2) is 6.88. The van der Waals surface area contributed by atoms with Gasteiger partial charge in [-0.2, -0.15) is 0 Å². The third kappa shape index (κ3) is 2.97. The van der Waals surface area contributed by atoms with Crippen LogP contribution in [-0.2, 0) is 16.1 Å². The lowest BCUT2D eigenvalue weighted by atomic mass is 9.77. The molecule has 130 valence electrons. The van der Waals surface area contributed by atoms with E-state index in [0.29, 0.717) is 11.2 Å². The highest BCUT2D eigenvalue weighted by atomic mass is 16.5. The highest BCUT2D eigenvalue weighted by molar-refractivity contribution is 6.61. The lowest BCUT2D eigenvalue weighted by Gasteiger charge is -2.18. The maximum atomic E-state index is 12.9. The third-order valence-electron chi connectivity index (χ3n) is 4.74. The molecule has 1 aliphatic rings. The molecular weight excluding hydrogens is 329 g/mol. The number of anilines is 1. The molecule has 0 fully saturated rings. The number of carbonyl (C=O) groups is 1. The van der Waals surface area contributed by atoms with E-state index in [9.17, 15) is 9.82 Å². The molecule has 0 aliphatic carbocycles. The zero-order valence-corrected chi connectivity index (χ0v) is 14.1. The molecule has 1 atom stereocenters. The number of carbonyl (C=O) groups excluding carboxylic acids is 1. The first kappa shape index (κ1) is 16.7. The molecule has 1 amide bonds. The Balaban J connectivity index is 1.62. The van der Waals surface area contributed by atoms with E-state index >= 15 is 0 Å². The van der Waals surface area contributed by atoms with Gasteiger partial charge in [0.15, 0.2) is 0 Å². The summed E-state index contributed by atoms with van der Waals surface area (Å²) in [5.41, 5.74) is 8.95. The van der Waals surface area contributed by atoms with Crippen LogP contribution >= 0.6 is 0 Å². The van der Waals surface area contributed by atoms with Gasteiger partial charge < -0.3 is 20.7 Å². The molecule has 26 heavy (non-hydrogen) atoms. The Morgan fingerprint density at radius 3 is 3.04 bits per heavy atom. The van der Waals surface area contributed by atoms with Gasteiger partial charge in [-0.15, -0.1) is 0 Å². The molecule has 4 rings (SSSR count). The monoisotopic (exact) mass is 347 g/mol. The predicted octanol–water partition coefficient (Wildman–Crippen LogP) is 1.13. The largest absolute Gasteiger partial charge is 0.491 e. The molecule has 1 aromatic heterocycles. The lowest BCUT2D eigenvalue weighted by molar-refractivity contribution is -0.117. The average Bonchev–Trinajstić information content (AvgIpc) is 3.04. The van der Waals surface area contributed by atoms with Crippen molar-refractivity contribution in [2.45, 2.75) is 12.5 Å². The molecule has 2 heterocycles. The first-order valence-corrected chi connectivity index (χ1v) is 8.43. The van der Waals surface area contributed by atoms with Gasteiger partial charge in [-0.05, 0) is 40.2 Å². The number of fused-ring (bicyclic) bond motifs is 2. The van der Waals surface area contributed by atoms with Crippen LogP contribution in [0.2, 0.25) is 0 Å². The number of pyridine rings is 1. The Kier molecular flexibility index (Phi) is 4.42. The molecule has 0 radical (unpaired) electrons. The summed E-state index contributed by atoms with van der Waals surface area (Å²) in [4.78, 5) is 16.9. The van der Waals surface area contributed by atoms with Crippen LogP contribution in [0.4, 0.5) is 5.69 Å². The lowest BCUT2D eigenvalue weighted by Crippen LogP contribution is -2.31. The fourth-order valence-electron chi connectivity index (χ4n) is 3.37. The Labute approximate surface area is 151 Å². The molecule has 1 aliphatic heterocycles. The summed E-state index contributed by atoms with van der Waals surface area (Å²) < 4.78 is 5.28. The topological polar surface area (TPSA) is 97.5 Å². The minimum absolute atomic E-state index is 0.163. The minimum atomic E-state index is -0.944. The van der Waals surface area contributed by atoms with E-state index in [-0.39, 0.29) is 19.1 Å². The fraction of sp³-hybridized carbons (Fsp3) is 0.158. The summed E-state index contributed by atoms with van der Waals surface area (Å²) >= 11 is 0. The number of nitrogens with one attached hydrogen (secondary N) is 1. The molecule has 0 spiro atoms. The highest BCUT2D eigenvalue weighted by Crippen LogP contribution is 2.25. The summed E-state index contributed by atoms with van der Waals surface area (Å²) in [5, 5.41) is 14.8. The second-order valence-corrected chi connectivity index (χ2v) is 6.29. The minimum Gasteiger partial charge on any atom is -0.423 e. The van der Waals surface area contributed by atoms with Gasteiger partial charge in [-0.1, -0.05) is 24.3 Å². The van der Waals surface area contributed by atoms with Crippen LogP contribution in [0.25, 0.3) is 10.8 Å². The van der Waals surface area contributed by atoms with Gasteiger partial charge in [0.25, 0.3) is 0 Å². The summed E-state index contributed by atoms with van der Waals surface area (Å²) in [5.74, 6) is -0.706. The van der Waals surface area contributed by atoms with Crippen molar-refractivity contribution in [1.29, 1.82) is 0 Å². The van der Waals surface area contributed by atoms with Gasteiger partial charge in [0.2, 0.25) is 5.91 Å². The van der Waals surface area contributed by atoms with Gasteiger partial charge in [-0.3, -0.25) is 9.78 Å². The van der Waals surface area contributed by atoms with Crippen LogP contribution < -0.4 is 16.5 Å². The number of aromatic nitrogens is 1. The van der Waals surface area contributed by atoms with Crippen LogP contribution in [0.15, 0.2) is 54.9 Å². The van der Waals surface area contributed by atoms with Crippen molar-refractivity contribution in [2.75, 3.05) is 11.9 Å². The highest BCUT2D eigenvalue weighted by Gasteiger charge is 2.32. The predicted molar refractivity (Wildman–Crippen MR) is 101 cm³/mol. The van der Waals surface area contributed by atoms with E-state index in [1.807, 2.05) is 36.4 Å². The maximum Gasteiger partial charge on any atom is 0.491 e. The molecule has 4 N–H and O–H groups in total. The quantitative estimate of drug-likeness (QED) is 0.615. The molecule has 6 nitrogen and oxygen atoms in total. The van der Waals surface area contributed by atoms with E-state index in [4.69, 9.17) is 10.4 Å². The van der Waals surface area contributed by atoms with Crippen molar-refractivity contribution in [1.82, 2.24) is 4.98 Å². The number of nitrogens with two attached hydrogens (primary N) is 1. The number of rotatable bonds is 4. The van der Waals surface area contributed by atoms with Gasteiger partial charge in [0.1, 0.15) is 0 Å². The van der Waals surface area contributed by atoms with Crippen molar-refractivity contribution in [3.63, 3.8) is 0 Å². The van der Waals surface area contributed by atoms with Crippen molar-refractivity contribution < 1.29 is 14.5 Å². The van der Waals surface area contributed by atoms with Crippen LogP contribution in [0.5, 0.6) is 0 Å². The van der Waals surface area contributed by atoms with Crippen LogP contribution in [-0.4, -0.2) is 29.6 Å². The number of amides is 1. The first-order valence-electron chi connectivity index (χ1n) is 8.43. The standard InChI is InChI=1S/C19H18BN3O3/c21-9-16(15-2-1-3-18-17(15)11-26-20(18)25)19(24)23-14-5-4-13-10-22-7-6-12(13)8-14/h1-8,10,16,25H,9,11,21H2,(H,23,24). The zero-order valence-electron chi connectivity index (χ0n) is 14.1. The van der Waals surface area contributed by atoms with Crippen LogP contribution in [0, 0.1) is 0 Å². The normalized spacial score (nSPS) is 14.3. The number of benzene rings is 2. The Morgan fingerprint density at radius 1 is 1.31 bits per heavy atom. The Morgan fingerprint density at radius 2 is 2.19 bits per heavy atom. The molecule has 0 bridgehead atoms. The molecule has 7 heteroatoms. The van der Waals surface area contributed by atoms with E-state index in [1.54, 1.807) is 18.5 Å². The average molecular weight is 347 g/mol. The molecule has 0 saturated heterocycles. The number of hydrogen-bond donors (Lipinski definition) is 3. The molecular formula is C19H18BN3O3. The Hall–Kier alpha value is -2.74. The summed E-state index contributed by atoms with van der Waals surface area (Å²) in [6.07, 6.45) is 3.50. The van der Waals surface area contributed by atoms with Gasteiger partial charge in [0.05, 0.1) is 12.5 Å².